The molecule has 0 unspecified atom stereocenters. The molecule has 2 rings (SSSR count). The highest BCUT2D eigenvalue weighted by atomic mass is 16.5. The minimum atomic E-state index is 0.0769. The van der Waals surface area contributed by atoms with Gasteiger partial charge in [-0.3, -0.25) is 0 Å². The summed E-state index contributed by atoms with van der Waals surface area (Å²) < 4.78 is 5.45. The molecule has 0 atom stereocenters. The minimum absolute atomic E-state index is 0.0769. The molecule has 1 aromatic carbocycles. The summed E-state index contributed by atoms with van der Waals surface area (Å²) in [4.78, 5) is 11.2. The van der Waals surface area contributed by atoms with Crippen LogP contribution in [-0.2, 0) is 14.9 Å². The number of carbonyl (C=O) groups is 1. The minimum Gasteiger partial charge on any atom is -0.379 e. The van der Waals surface area contributed by atoms with Crippen molar-refractivity contribution in [2.75, 3.05) is 13.2 Å². The molecule has 0 bridgehead atoms. The van der Waals surface area contributed by atoms with Crippen LogP contribution in [0.15, 0.2) is 12.1 Å². The first-order valence-corrected chi connectivity index (χ1v) is 6.60. The third-order valence-corrected chi connectivity index (χ3v) is 3.92. The van der Waals surface area contributed by atoms with Crippen molar-refractivity contribution in [3.05, 3.63) is 34.4 Å². The largest absolute Gasteiger partial charge is 0.379 e. The summed E-state index contributed by atoms with van der Waals surface area (Å²) in [6, 6.07) is 4.46. The summed E-state index contributed by atoms with van der Waals surface area (Å²) >= 11 is 0. The van der Waals surface area contributed by atoms with Gasteiger partial charge in [0.1, 0.15) is 5.78 Å². The Balaban J connectivity index is 2.35. The second kappa shape index (κ2) is 4.85. The van der Waals surface area contributed by atoms with Crippen LogP contribution in [0.1, 0.15) is 42.0 Å². The molecule has 0 radical (unpaired) electrons. The van der Waals surface area contributed by atoms with E-state index >= 15 is 0 Å². The molecule has 2 nitrogen and oxygen atoms in total. The summed E-state index contributed by atoms with van der Waals surface area (Å²) in [5, 5.41) is 0. The van der Waals surface area contributed by atoms with Crippen molar-refractivity contribution in [1.82, 2.24) is 0 Å². The molecule has 2 heteroatoms. The highest BCUT2D eigenvalue weighted by Gasteiger charge is 2.41. The molecule has 98 valence electrons. The first-order chi connectivity index (χ1) is 8.44. The lowest BCUT2D eigenvalue weighted by Gasteiger charge is -2.44. The third-order valence-electron chi connectivity index (χ3n) is 3.92. The zero-order chi connectivity index (χ0) is 13.3. The molecule has 0 amide bonds. The molecule has 1 heterocycles. The molecule has 1 aromatic rings. The maximum atomic E-state index is 11.2. The summed E-state index contributed by atoms with van der Waals surface area (Å²) in [7, 11) is 0. The molecule has 18 heavy (non-hydrogen) atoms. The molecule has 0 aliphatic carbocycles. The van der Waals surface area contributed by atoms with Crippen molar-refractivity contribution < 1.29 is 9.53 Å². The van der Waals surface area contributed by atoms with Crippen LogP contribution in [0.5, 0.6) is 0 Å². The van der Waals surface area contributed by atoms with Crippen LogP contribution in [0.4, 0.5) is 0 Å². The fourth-order valence-electron chi connectivity index (χ4n) is 3.19. The quantitative estimate of drug-likeness (QED) is 0.815. The van der Waals surface area contributed by atoms with Gasteiger partial charge in [0.25, 0.3) is 0 Å². The van der Waals surface area contributed by atoms with Gasteiger partial charge in [-0.1, -0.05) is 17.7 Å². The molecule has 0 N–H and O–H groups in total. The normalized spacial score (nSPS) is 17.3. The summed E-state index contributed by atoms with van der Waals surface area (Å²) in [6.07, 6.45) is 1.56. The van der Waals surface area contributed by atoms with E-state index in [1.54, 1.807) is 6.92 Å². The molecule has 1 aliphatic heterocycles. The van der Waals surface area contributed by atoms with E-state index in [4.69, 9.17) is 4.74 Å². The molecule has 1 fully saturated rings. The van der Waals surface area contributed by atoms with E-state index in [0.717, 1.165) is 19.6 Å². The van der Waals surface area contributed by atoms with Crippen molar-refractivity contribution >= 4 is 5.78 Å². The number of Topliss-reactive ketones (excluding diaryl/α,β-unsaturated/α-hetero) is 1. The molecular weight excluding hydrogens is 224 g/mol. The summed E-state index contributed by atoms with van der Waals surface area (Å²) in [5.41, 5.74) is 5.45. The first-order valence-electron chi connectivity index (χ1n) is 6.60. The second-order valence-electron chi connectivity index (χ2n) is 5.75. The van der Waals surface area contributed by atoms with Gasteiger partial charge in [-0.05, 0) is 50.8 Å². The predicted molar refractivity (Wildman–Crippen MR) is 73.1 cm³/mol. The van der Waals surface area contributed by atoms with Gasteiger partial charge in [0.05, 0.1) is 13.2 Å². The van der Waals surface area contributed by atoms with Gasteiger partial charge >= 0.3 is 0 Å². The lowest BCUT2D eigenvalue weighted by molar-refractivity contribution is -0.119. The number of hydrogen-bond acceptors (Lipinski definition) is 2. The Kier molecular flexibility index (Phi) is 3.58. The van der Waals surface area contributed by atoms with Crippen LogP contribution in [0.2, 0.25) is 0 Å². The Labute approximate surface area is 109 Å². The second-order valence-corrected chi connectivity index (χ2v) is 5.75. The Morgan fingerprint density at radius 1 is 1.22 bits per heavy atom. The zero-order valence-electron chi connectivity index (χ0n) is 11.8. The van der Waals surface area contributed by atoms with Crippen molar-refractivity contribution in [3.63, 3.8) is 0 Å². The molecular formula is C16H22O2. The molecule has 0 spiro atoms. The van der Waals surface area contributed by atoms with Crippen molar-refractivity contribution in [2.45, 2.75) is 46.0 Å². The van der Waals surface area contributed by atoms with E-state index in [0.29, 0.717) is 6.42 Å². The smallest absolute Gasteiger partial charge is 0.129 e. The number of ether oxygens (including phenoxy) is 1. The monoisotopic (exact) mass is 246 g/mol. The summed E-state index contributed by atoms with van der Waals surface area (Å²) in [6.45, 7) is 9.65. The fraction of sp³-hybridized carbons (Fsp3) is 0.562. The number of aryl methyl sites for hydroxylation is 3. The van der Waals surface area contributed by atoms with Crippen LogP contribution >= 0.6 is 0 Å². The van der Waals surface area contributed by atoms with Gasteiger partial charge in [-0.25, -0.2) is 0 Å². The topological polar surface area (TPSA) is 26.3 Å². The number of benzene rings is 1. The van der Waals surface area contributed by atoms with E-state index in [1.165, 1.54) is 22.3 Å². The zero-order valence-corrected chi connectivity index (χ0v) is 11.8. The van der Waals surface area contributed by atoms with E-state index in [9.17, 15) is 4.79 Å². The number of ketones is 1. The predicted octanol–water partition coefficient (Wildman–Crippen LogP) is 3.25. The van der Waals surface area contributed by atoms with Crippen LogP contribution < -0.4 is 0 Å². The van der Waals surface area contributed by atoms with Crippen molar-refractivity contribution in [1.29, 1.82) is 0 Å². The molecule has 1 saturated heterocycles. The van der Waals surface area contributed by atoms with Crippen LogP contribution in [0.25, 0.3) is 0 Å². The third kappa shape index (κ3) is 2.35. The van der Waals surface area contributed by atoms with Gasteiger partial charge in [0.2, 0.25) is 0 Å². The standard InChI is InChI=1S/C16H22O2/c1-11-7-12(2)15(13(3)8-11)16(9-18-10-16)6-5-14(4)17/h7-8H,5-6,9-10H2,1-4H3. The maximum absolute atomic E-state index is 11.2. The molecule has 0 aromatic heterocycles. The van der Waals surface area contributed by atoms with Crippen molar-refractivity contribution in [2.24, 2.45) is 0 Å². The van der Waals surface area contributed by atoms with Gasteiger partial charge in [-0.2, -0.15) is 0 Å². The fourth-order valence-corrected chi connectivity index (χ4v) is 3.19. The van der Waals surface area contributed by atoms with Crippen LogP contribution in [0.3, 0.4) is 0 Å². The van der Waals surface area contributed by atoms with Gasteiger partial charge in [-0.15, -0.1) is 0 Å². The maximum Gasteiger partial charge on any atom is 0.129 e. The summed E-state index contributed by atoms with van der Waals surface area (Å²) in [5.74, 6) is 0.267. The van der Waals surface area contributed by atoms with E-state index in [2.05, 4.69) is 32.9 Å². The number of hydrogen-bond donors (Lipinski definition) is 0. The van der Waals surface area contributed by atoms with E-state index < -0.39 is 0 Å². The first kappa shape index (κ1) is 13.3. The SMILES string of the molecule is CC(=O)CCC1(c2c(C)cc(C)cc2C)COC1. The van der Waals surface area contributed by atoms with Crippen LogP contribution in [-0.4, -0.2) is 19.0 Å². The van der Waals surface area contributed by atoms with Crippen molar-refractivity contribution in [3.8, 4) is 0 Å². The highest BCUT2D eigenvalue weighted by molar-refractivity contribution is 5.75. The molecule has 0 saturated carbocycles. The van der Waals surface area contributed by atoms with Gasteiger partial charge < -0.3 is 9.53 Å². The average Bonchev–Trinajstić information content (AvgIpc) is 2.18. The molecule has 1 aliphatic rings. The lowest BCUT2D eigenvalue weighted by Crippen LogP contribution is -2.48. The highest BCUT2D eigenvalue weighted by Crippen LogP contribution is 2.40. The Morgan fingerprint density at radius 2 is 1.78 bits per heavy atom. The van der Waals surface area contributed by atoms with Gasteiger partial charge in [0, 0.05) is 11.8 Å². The van der Waals surface area contributed by atoms with Gasteiger partial charge in [0.15, 0.2) is 0 Å². The Hall–Kier alpha value is -1.15. The Bertz CT molecular complexity index is 447. The lowest BCUT2D eigenvalue weighted by atomic mass is 9.71. The Morgan fingerprint density at radius 3 is 2.17 bits per heavy atom. The van der Waals surface area contributed by atoms with E-state index in [1.807, 2.05) is 0 Å². The number of rotatable bonds is 4. The van der Waals surface area contributed by atoms with Crippen LogP contribution in [0, 0.1) is 20.8 Å². The van der Waals surface area contributed by atoms with E-state index in [-0.39, 0.29) is 11.2 Å². The average molecular weight is 246 g/mol. The number of carbonyl (C=O) groups excluding carboxylic acids is 1.